The number of rotatable bonds is 2. The summed E-state index contributed by atoms with van der Waals surface area (Å²) in [5.41, 5.74) is -0.861. The van der Waals surface area contributed by atoms with Crippen molar-refractivity contribution < 1.29 is 22.4 Å². The van der Waals surface area contributed by atoms with Gasteiger partial charge >= 0.3 is 0 Å². The Hall–Kier alpha value is -1.14. The third-order valence-corrected chi connectivity index (χ3v) is 1.43. The second-order valence-electron chi connectivity index (χ2n) is 2.26. The highest BCUT2D eigenvalue weighted by Crippen LogP contribution is 2.19. The van der Waals surface area contributed by atoms with Gasteiger partial charge in [0.25, 0.3) is 0 Å². The van der Waals surface area contributed by atoms with Gasteiger partial charge < -0.3 is 0 Å². The van der Waals surface area contributed by atoms with Crippen LogP contribution >= 0.6 is 0 Å². The lowest BCUT2D eigenvalue weighted by molar-refractivity contribution is 0.117. The van der Waals surface area contributed by atoms with Gasteiger partial charge in [-0.05, 0) is 0 Å². The molecule has 0 atom stereocenters. The first-order chi connectivity index (χ1) is 6.07. The molecule has 0 amide bonds. The average molecular weight is 195 g/mol. The van der Waals surface area contributed by atoms with Crippen LogP contribution in [0.25, 0.3) is 0 Å². The third-order valence-electron chi connectivity index (χ3n) is 1.43. The fraction of sp³-hybridized carbons (Fsp3) is 0.143. The molecule has 1 rings (SSSR count). The Morgan fingerprint density at radius 2 is 1.54 bits per heavy atom. The van der Waals surface area contributed by atoms with Gasteiger partial charge in [-0.15, -0.1) is 0 Å². The fourth-order valence-corrected chi connectivity index (χ4v) is 0.833. The van der Waals surface area contributed by atoms with E-state index in [0.717, 1.165) is 0 Å². The highest BCUT2D eigenvalue weighted by Gasteiger charge is 2.18. The molecule has 0 saturated carbocycles. The van der Waals surface area contributed by atoms with Crippen LogP contribution in [0.4, 0.5) is 17.6 Å². The molecular formula is C7H5F4NO. The minimum Gasteiger partial charge on any atom is -0.300 e. The largest absolute Gasteiger partial charge is 0.300 e. The molecule has 0 fully saturated rings. The van der Waals surface area contributed by atoms with Crippen molar-refractivity contribution in [1.29, 1.82) is 0 Å². The first kappa shape index (κ1) is 9.94. The minimum atomic E-state index is -1.50. The molecule has 0 aromatic heterocycles. The second-order valence-corrected chi connectivity index (χ2v) is 2.26. The summed E-state index contributed by atoms with van der Waals surface area (Å²) in [7, 11) is 0. The zero-order chi connectivity index (χ0) is 10.0. The van der Waals surface area contributed by atoms with E-state index < -0.39 is 35.4 Å². The Balaban J connectivity index is 3.28. The van der Waals surface area contributed by atoms with Crippen molar-refractivity contribution in [2.24, 2.45) is 5.90 Å². The summed E-state index contributed by atoms with van der Waals surface area (Å²) < 4.78 is 50.4. The van der Waals surface area contributed by atoms with Crippen LogP contribution in [-0.2, 0) is 11.4 Å². The number of hydrogen-bond donors (Lipinski definition) is 1. The quantitative estimate of drug-likeness (QED) is 0.442. The monoisotopic (exact) mass is 195 g/mol. The van der Waals surface area contributed by atoms with Crippen molar-refractivity contribution in [2.75, 3.05) is 0 Å². The average Bonchev–Trinajstić information content (AvgIpc) is 2.09. The summed E-state index contributed by atoms with van der Waals surface area (Å²) in [4.78, 5) is 3.89. The van der Waals surface area contributed by atoms with Crippen LogP contribution < -0.4 is 5.90 Å². The second kappa shape index (κ2) is 3.71. The van der Waals surface area contributed by atoms with Gasteiger partial charge in [0, 0.05) is 6.07 Å². The van der Waals surface area contributed by atoms with Gasteiger partial charge in [-0.3, -0.25) is 4.84 Å². The molecule has 13 heavy (non-hydrogen) atoms. The maximum atomic E-state index is 12.7. The van der Waals surface area contributed by atoms with Crippen LogP contribution in [0.1, 0.15) is 5.56 Å². The van der Waals surface area contributed by atoms with Crippen molar-refractivity contribution in [2.45, 2.75) is 6.61 Å². The minimum absolute atomic E-state index is 0.116. The summed E-state index contributed by atoms with van der Waals surface area (Å²) in [6.07, 6.45) is 0. The molecule has 0 radical (unpaired) electrons. The van der Waals surface area contributed by atoms with Crippen molar-refractivity contribution in [3.63, 3.8) is 0 Å². The lowest BCUT2D eigenvalue weighted by atomic mass is 10.2. The molecule has 0 aliphatic carbocycles. The van der Waals surface area contributed by atoms with Crippen molar-refractivity contribution in [3.8, 4) is 0 Å². The smallest absolute Gasteiger partial charge is 0.167 e. The number of hydrogen-bond acceptors (Lipinski definition) is 2. The Kier molecular flexibility index (Phi) is 2.84. The van der Waals surface area contributed by atoms with E-state index in [0.29, 0.717) is 0 Å². The van der Waals surface area contributed by atoms with Crippen LogP contribution in [0.15, 0.2) is 6.07 Å². The topological polar surface area (TPSA) is 35.2 Å². The number of benzene rings is 1. The Morgan fingerprint density at radius 3 is 1.92 bits per heavy atom. The molecule has 1 aromatic rings. The molecule has 1 aromatic carbocycles. The molecule has 0 bridgehead atoms. The van der Waals surface area contributed by atoms with Crippen LogP contribution in [0.3, 0.4) is 0 Å². The van der Waals surface area contributed by atoms with Crippen LogP contribution in [0.5, 0.6) is 0 Å². The first-order valence-corrected chi connectivity index (χ1v) is 3.21. The van der Waals surface area contributed by atoms with E-state index in [9.17, 15) is 17.6 Å². The third kappa shape index (κ3) is 1.78. The van der Waals surface area contributed by atoms with Crippen molar-refractivity contribution >= 4 is 0 Å². The number of nitrogens with two attached hydrogens (primary N) is 1. The van der Waals surface area contributed by atoms with Crippen molar-refractivity contribution in [3.05, 3.63) is 34.9 Å². The lowest BCUT2D eigenvalue weighted by Gasteiger charge is -2.04. The predicted molar refractivity (Wildman–Crippen MR) is 35.3 cm³/mol. The fourth-order valence-electron chi connectivity index (χ4n) is 0.833. The van der Waals surface area contributed by atoms with E-state index in [-0.39, 0.29) is 6.07 Å². The summed E-state index contributed by atoms with van der Waals surface area (Å²) in [5.74, 6) is -1.43. The predicted octanol–water partition coefficient (Wildman–Crippen LogP) is 1.63. The van der Waals surface area contributed by atoms with E-state index in [4.69, 9.17) is 0 Å². The molecule has 0 spiro atoms. The van der Waals surface area contributed by atoms with Gasteiger partial charge in [0.2, 0.25) is 0 Å². The molecule has 0 heterocycles. The first-order valence-electron chi connectivity index (χ1n) is 3.21. The zero-order valence-corrected chi connectivity index (χ0v) is 6.28. The van der Waals surface area contributed by atoms with Crippen LogP contribution in [0.2, 0.25) is 0 Å². The van der Waals surface area contributed by atoms with Gasteiger partial charge in [0.05, 0.1) is 12.2 Å². The molecule has 2 N–H and O–H groups in total. The van der Waals surface area contributed by atoms with Crippen molar-refractivity contribution in [1.82, 2.24) is 0 Å². The Morgan fingerprint density at radius 1 is 1.08 bits per heavy atom. The lowest BCUT2D eigenvalue weighted by Crippen LogP contribution is -2.07. The molecular weight excluding hydrogens is 190 g/mol. The van der Waals surface area contributed by atoms with E-state index in [1.54, 1.807) is 0 Å². The highest BCUT2D eigenvalue weighted by atomic mass is 19.2. The van der Waals surface area contributed by atoms with Crippen LogP contribution in [0, 0.1) is 23.3 Å². The Bertz CT molecular complexity index is 303. The van der Waals surface area contributed by atoms with Crippen LogP contribution in [-0.4, -0.2) is 0 Å². The molecule has 2 nitrogen and oxygen atoms in total. The molecule has 0 saturated heterocycles. The van der Waals surface area contributed by atoms with E-state index in [1.165, 1.54) is 0 Å². The van der Waals surface area contributed by atoms with Gasteiger partial charge in [0.1, 0.15) is 0 Å². The normalized spacial score (nSPS) is 10.5. The summed E-state index contributed by atoms with van der Waals surface area (Å²) in [6, 6.07) is 0.116. The Labute approximate surface area is 70.9 Å². The van der Waals surface area contributed by atoms with E-state index in [1.807, 2.05) is 0 Å². The summed E-state index contributed by atoms with van der Waals surface area (Å²) >= 11 is 0. The molecule has 72 valence electrons. The molecule has 6 heteroatoms. The highest BCUT2D eigenvalue weighted by molar-refractivity contribution is 5.21. The maximum absolute atomic E-state index is 12.7. The van der Waals surface area contributed by atoms with Gasteiger partial charge in [-0.2, -0.15) is 0 Å². The van der Waals surface area contributed by atoms with E-state index in [2.05, 4.69) is 10.7 Å². The number of halogens is 4. The summed E-state index contributed by atoms with van der Waals surface area (Å²) in [5, 5.41) is 0. The molecule has 0 aliphatic heterocycles. The molecule has 0 unspecified atom stereocenters. The van der Waals surface area contributed by atoms with E-state index >= 15 is 0 Å². The summed E-state index contributed by atoms with van der Waals surface area (Å²) in [6.45, 7) is -0.730. The maximum Gasteiger partial charge on any atom is 0.167 e. The zero-order valence-electron chi connectivity index (χ0n) is 6.28. The van der Waals surface area contributed by atoms with Gasteiger partial charge in [-0.25, -0.2) is 23.5 Å². The van der Waals surface area contributed by atoms with Gasteiger partial charge in [-0.1, -0.05) is 0 Å². The molecule has 0 aliphatic rings. The SMILES string of the molecule is NOCc1c(F)c(F)cc(F)c1F. The standard InChI is InChI=1S/C7H5F4NO/c8-4-1-5(9)7(11)3(2-13-12)6(4)10/h1H,2,12H2. The van der Waals surface area contributed by atoms with Gasteiger partial charge in [0.15, 0.2) is 23.3 Å².